The average Bonchev–Trinajstić information content (AvgIpc) is 3.73. The quantitative estimate of drug-likeness (QED) is 0.0214. The highest BCUT2D eigenvalue weighted by molar-refractivity contribution is 5.98. The monoisotopic (exact) mass is 953 g/mol. The number of aliphatic carboxylic acids is 2. The van der Waals surface area contributed by atoms with Gasteiger partial charge >= 0.3 is 11.9 Å². The van der Waals surface area contributed by atoms with Gasteiger partial charge in [-0.05, 0) is 69.1 Å². The summed E-state index contributed by atoms with van der Waals surface area (Å²) in [5.74, 6) is -9.92. The number of hydrogen-bond acceptors (Lipinski definition) is 12. The molecule has 0 aliphatic carbocycles. The molecule has 24 nitrogen and oxygen atoms in total. The molecular weight excluding hydrogens is 877 g/mol. The number of nitrogens with two attached hydrogens (primary N) is 3. The highest BCUT2D eigenvalue weighted by Crippen LogP contribution is 2.21. The first-order valence-electron chi connectivity index (χ1n) is 22.8. The molecule has 67 heavy (non-hydrogen) atoms. The van der Waals surface area contributed by atoms with E-state index in [4.69, 9.17) is 17.2 Å². The number of aliphatic imine (C=N–C) groups is 1. The number of nitrogens with one attached hydrogen (secondary N) is 7. The molecule has 1 rings (SSSR count). The lowest BCUT2D eigenvalue weighted by Gasteiger charge is -2.30. The van der Waals surface area contributed by atoms with Gasteiger partial charge in [-0.25, -0.2) is 4.79 Å². The van der Waals surface area contributed by atoms with Crippen LogP contribution in [0.15, 0.2) is 4.99 Å². The van der Waals surface area contributed by atoms with Crippen molar-refractivity contribution in [3.63, 3.8) is 0 Å². The lowest BCUT2D eigenvalue weighted by molar-refractivity contribution is -0.146. The number of hydrogen-bond donors (Lipinski definition) is 12. The number of carboxylic acid groups (broad SMARTS) is 2. The minimum atomic E-state index is -1.69. The molecule has 380 valence electrons. The largest absolute Gasteiger partial charge is 0.481 e. The van der Waals surface area contributed by atoms with Crippen LogP contribution in [-0.2, 0) is 47.9 Å². The standard InChI is InChI=1S/C43H76N12O12/c1-10-24(8)33(44)40(64)52-27(17-21(2)3)36(60)48-20-31(56)49-25(9)35(59)53-29(19-32(57)58)41(65)55-16-12-14-30(55)39(63)51-28(18-22(4)5)38(62)50-26(13-11-15-47-43(45)46)37(61)54-34(23(6)7)42(66)67/h21-30,33-34H,10-20,44H2,1-9H3,(H,48,60)(H,49,56)(H,50,62)(H,51,63)(H,52,64)(H,53,59)(H,54,61)(H,57,58)(H,66,67)(H4,45,46,47)/t24-,25-,26-,27-,28-,29-,30-,33-,34-/m0/s1. The second-order valence-corrected chi connectivity index (χ2v) is 18.2. The van der Waals surface area contributed by atoms with Gasteiger partial charge < -0.3 is 69.5 Å². The molecule has 0 aromatic heterocycles. The van der Waals surface area contributed by atoms with Gasteiger partial charge in [-0.2, -0.15) is 0 Å². The minimum Gasteiger partial charge on any atom is -0.481 e. The molecule has 0 saturated carbocycles. The van der Waals surface area contributed by atoms with E-state index >= 15 is 0 Å². The van der Waals surface area contributed by atoms with Crippen LogP contribution in [0.5, 0.6) is 0 Å². The highest BCUT2D eigenvalue weighted by atomic mass is 16.4. The fraction of sp³-hybridized carbons (Fsp3) is 0.744. The summed E-state index contributed by atoms with van der Waals surface area (Å²) in [5.41, 5.74) is 16.8. The van der Waals surface area contributed by atoms with E-state index in [0.717, 1.165) is 4.90 Å². The van der Waals surface area contributed by atoms with Gasteiger partial charge in [-0.1, -0.05) is 61.8 Å². The second kappa shape index (κ2) is 28.9. The summed E-state index contributed by atoms with van der Waals surface area (Å²) < 4.78 is 0. The molecule has 9 atom stereocenters. The van der Waals surface area contributed by atoms with Crippen LogP contribution in [0.1, 0.15) is 114 Å². The predicted octanol–water partition coefficient (Wildman–Crippen LogP) is -2.24. The molecule has 1 aliphatic rings. The number of nitrogens with zero attached hydrogens (tertiary/aromatic N) is 2. The lowest BCUT2D eigenvalue weighted by Crippen LogP contribution is -2.59. The first-order valence-corrected chi connectivity index (χ1v) is 22.8. The third kappa shape index (κ3) is 21.0. The van der Waals surface area contributed by atoms with Crippen molar-refractivity contribution < 1.29 is 58.2 Å². The van der Waals surface area contributed by atoms with Crippen molar-refractivity contribution in [3.05, 3.63) is 0 Å². The topological polar surface area (TPSA) is 389 Å². The third-order valence-electron chi connectivity index (χ3n) is 11.1. The van der Waals surface area contributed by atoms with Crippen molar-refractivity contribution in [2.45, 2.75) is 162 Å². The van der Waals surface area contributed by atoms with Crippen LogP contribution in [0.2, 0.25) is 0 Å². The maximum atomic E-state index is 13.9. The van der Waals surface area contributed by atoms with Gasteiger partial charge in [0.1, 0.15) is 42.3 Å². The Balaban J connectivity index is 3.15. The summed E-state index contributed by atoms with van der Waals surface area (Å²) >= 11 is 0. The number of carboxylic acids is 2. The SMILES string of the molecule is CC[C@H](C)[C@H](N)C(=O)N[C@@H](CC(C)C)C(=O)NCC(=O)N[C@@H](C)C(=O)N[C@@H](CC(=O)O)C(=O)N1CCC[C@H]1C(=O)N[C@@H](CC(C)C)C(=O)N[C@@H](CCCN=C(N)N)C(=O)N[C@H](C(=O)O)C(C)C. The molecule has 1 fully saturated rings. The van der Waals surface area contributed by atoms with Crippen LogP contribution in [0.3, 0.4) is 0 Å². The Labute approximate surface area is 392 Å². The van der Waals surface area contributed by atoms with Gasteiger partial charge in [-0.3, -0.25) is 48.1 Å². The second-order valence-electron chi connectivity index (χ2n) is 18.2. The molecule has 0 aromatic rings. The molecule has 0 bridgehead atoms. The molecule has 1 heterocycles. The van der Waals surface area contributed by atoms with Crippen molar-refractivity contribution in [1.29, 1.82) is 0 Å². The zero-order valence-electron chi connectivity index (χ0n) is 40.3. The Morgan fingerprint density at radius 1 is 0.701 bits per heavy atom. The van der Waals surface area contributed by atoms with Crippen LogP contribution in [0.25, 0.3) is 0 Å². The fourth-order valence-corrected chi connectivity index (χ4v) is 7.09. The smallest absolute Gasteiger partial charge is 0.326 e. The van der Waals surface area contributed by atoms with E-state index < -0.39 is 126 Å². The van der Waals surface area contributed by atoms with E-state index in [1.165, 1.54) is 6.92 Å². The van der Waals surface area contributed by atoms with E-state index in [-0.39, 0.29) is 68.9 Å². The van der Waals surface area contributed by atoms with E-state index in [0.29, 0.717) is 12.8 Å². The van der Waals surface area contributed by atoms with E-state index in [1.54, 1.807) is 34.6 Å². The van der Waals surface area contributed by atoms with Crippen molar-refractivity contribution in [2.24, 2.45) is 45.9 Å². The predicted molar refractivity (Wildman–Crippen MR) is 246 cm³/mol. The first kappa shape index (κ1) is 58.9. The molecule has 15 N–H and O–H groups in total. The van der Waals surface area contributed by atoms with Crippen molar-refractivity contribution in [1.82, 2.24) is 42.1 Å². The molecule has 0 spiro atoms. The number of likely N-dealkylation sites (tertiary alicyclic amines) is 1. The van der Waals surface area contributed by atoms with E-state index in [9.17, 15) is 58.2 Å². The fourth-order valence-electron chi connectivity index (χ4n) is 7.09. The van der Waals surface area contributed by atoms with Crippen LogP contribution in [0.4, 0.5) is 0 Å². The van der Waals surface area contributed by atoms with Crippen molar-refractivity contribution in [3.8, 4) is 0 Å². The Hall–Kier alpha value is -6.07. The number of carbonyl (C=O) groups excluding carboxylic acids is 8. The average molecular weight is 953 g/mol. The zero-order chi connectivity index (χ0) is 51.3. The molecule has 1 saturated heterocycles. The Kier molecular flexibility index (Phi) is 25.4. The molecular formula is C43H76N12O12. The van der Waals surface area contributed by atoms with Crippen LogP contribution in [0, 0.1) is 23.7 Å². The number of carbonyl (C=O) groups is 10. The van der Waals surface area contributed by atoms with Gasteiger partial charge in [-0.15, -0.1) is 0 Å². The van der Waals surface area contributed by atoms with Crippen LogP contribution in [-0.4, -0.2) is 148 Å². The number of amides is 8. The van der Waals surface area contributed by atoms with Crippen molar-refractivity contribution >= 4 is 65.2 Å². The van der Waals surface area contributed by atoms with Gasteiger partial charge in [0.15, 0.2) is 5.96 Å². The number of rotatable bonds is 29. The molecule has 24 heteroatoms. The Morgan fingerprint density at radius 3 is 1.78 bits per heavy atom. The van der Waals surface area contributed by atoms with Crippen LogP contribution >= 0.6 is 0 Å². The molecule has 8 amide bonds. The molecule has 0 aromatic carbocycles. The van der Waals surface area contributed by atoms with Crippen LogP contribution < -0.4 is 54.4 Å². The van der Waals surface area contributed by atoms with Gasteiger partial charge in [0, 0.05) is 13.1 Å². The van der Waals surface area contributed by atoms with Crippen molar-refractivity contribution in [2.75, 3.05) is 19.6 Å². The third-order valence-corrected chi connectivity index (χ3v) is 11.1. The summed E-state index contributed by atoms with van der Waals surface area (Å²) in [6.07, 6.45) is 0.714. The Morgan fingerprint density at radius 2 is 1.25 bits per heavy atom. The van der Waals surface area contributed by atoms with Gasteiger partial charge in [0.2, 0.25) is 47.3 Å². The summed E-state index contributed by atoms with van der Waals surface area (Å²) in [5, 5.41) is 36.9. The maximum Gasteiger partial charge on any atom is 0.326 e. The van der Waals surface area contributed by atoms with E-state index in [2.05, 4.69) is 42.2 Å². The van der Waals surface area contributed by atoms with E-state index in [1.807, 2.05) is 20.8 Å². The molecule has 1 aliphatic heterocycles. The van der Waals surface area contributed by atoms with Gasteiger partial charge in [0.05, 0.1) is 19.0 Å². The highest BCUT2D eigenvalue weighted by Gasteiger charge is 2.40. The Bertz CT molecular complexity index is 1770. The zero-order valence-corrected chi connectivity index (χ0v) is 40.3. The lowest BCUT2D eigenvalue weighted by atomic mass is 9.97. The molecule has 0 radical (unpaired) electrons. The van der Waals surface area contributed by atoms with Gasteiger partial charge in [0.25, 0.3) is 0 Å². The number of guanidine groups is 1. The molecule has 0 unspecified atom stereocenters. The maximum absolute atomic E-state index is 13.9. The normalized spacial score (nSPS) is 17.1. The minimum absolute atomic E-state index is 0.00357. The summed E-state index contributed by atoms with van der Waals surface area (Å²) in [6.45, 7) is 14.9. The summed E-state index contributed by atoms with van der Waals surface area (Å²) in [7, 11) is 0. The summed E-state index contributed by atoms with van der Waals surface area (Å²) in [6, 6.07) is -9.83. The first-order chi connectivity index (χ1) is 31.2. The summed E-state index contributed by atoms with van der Waals surface area (Å²) in [4.78, 5) is 136.